The molecule has 0 radical (unpaired) electrons. The van der Waals surface area contributed by atoms with Crippen LogP contribution in [0, 0.1) is 11.3 Å². The standard InChI is InChI=1S/C19H13BrN2O2/c1-24-19(23)18-10-15(13-5-3-2-4-6-13)12-22(18)17-8-7-16(20)9-14(17)11-21/h2-10,12H,1H3. The second kappa shape index (κ2) is 6.73. The molecule has 0 bridgehead atoms. The van der Waals surface area contributed by atoms with Gasteiger partial charge in [0.15, 0.2) is 0 Å². The number of hydrogen-bond acceptors (Lipinski definition) is 3. The third-order valence-corrected chi connectivity index (χ3v) is 4.15. The topological polar surface area (TPSA) is 55.0 Å². The normalized spacial score (nSPS) is 10.2. The van der Waals surface area contributed by atoms with E-state index in [1.165, 1.54) is 7.11 Å². The minimum absolute atomic E-state index is 0.371. The van der Waals surface area contributed by atoms with Crippen molar-refractivity contribution in [2.24, 2.45) is 0 Å². The van der Waals surface area contributed by atoms with Gasteiger partial charge >= 0.3 is 5.97 Å². The fourth-order valence-electron chi connectivity index (χ4n) is 2.52. The fraction of sp³-hybridized carbons (Fsp3) is 0.0526. The number of rotatable bonds is 3. The first-order chi connectivity index (χ1) is 11.6. The molecule has 118 valence electrons. The van der Waals surface area contributed by atoms with Crippen molar-refractivity contribution < 1.29 is 9.53 Å². The number of hydrogen-bond donors (Lipinski definition) is 0. The highest BCUT2D eigenvalue weighted by Crippen LogP contribution is 2.28. The quantitative estimate of drug-likeness (QED) is 0.625. The molecule has 0 aliphatic rings. The van der Waals surface area contributed by atoms with Crippen LogP contribution in [0.25, 0.3) is 16.8 Å². The summed E-state index contributed by atoms with van der Waals surface area (Å²) in [5.74, 6) is -0.455. The van der Waals surface area contributed by atoms with Gasteiger partial charge in [-0.1, -0.05) is 46.3 Å². The number of carbonyl (C=O) groups excluding carboxylic acids is 1. The van der Waals surface area contributed by atoms with E-state index in [2.05, 4.69) is 22.0 Å². The smallest absolute Gasteiger partial charge is 0.355 e. The maximum absolute atomic E-state index is 12.2. The third-order valence-electron chi connectivity index (χ3n) is 3.66. The minimum atomic E-state index is -0.455. The summed E-state index contributed by atoms with van der Waals surface area (Å²) < 4.78 is 7.39. The number of ether oxygens (including phenoxy) is 1. The Morgan fingerprint density at radius 3 is 2.54 bits per heavy atom. The Morgan fingerprint density at radius 2 is 1.88 bits per heavy atom. The lowest BCUT2D eigenvalue weighted by Crippen LogP contribution is -2.09. The van der Waals surface area contributed by atoms with E-state index in [-0.39, 0.29) is 0 Å². The number of carbonyl (C=O) groups is 1. The second-order valence-electron chi connectivity index (χ2n) is 5.11. The van der Waals surface area contributed by atoms with E-state index in [9.17, 15) is 10.1 Å². The molecule has 0 saturated carbocycles. The van der Waals surface area contributed by atoms with Crippen LogP contribution in [-0.4, -0.2) is 17.6 Å². The van der Waals surface area contributed by atoms with Crippen molar-refractivity contribution in [2.45, 2.75) is 0 Å². The van der Waals surface area contributed by atoms with Gasteiger partial charge < -0.3 is 9.30 Å². The highest BCUT2D eigenvalue weighted by atomic mass is 79.9. The summed E-state index contributed by atoms with van der Waals surface area (Å²) in [6.07, 6.45) is 1.84. The molecule has 5 heteroatoms. The van der Waals surface area contributed by atoms with Gasteiger partial charge in [0.25, 0.3) is 0 Å². The molecule has 24 heavy (non-hydrogen) atoms. The molecular weight excluding hydrogens is 368 g/mol. The van der Waals surface area contributed by atoms with Crippen molar-refractivity contribution in [3.8, 4) is 22.9 Å². The average Bonchev–Trinajstić information content (AvgIpc) is 3.06. The van der Waals surface area contributed by atoms with Gasteiger partial charge in [0.05, 0.1) is 18.4 Å². The minimum Gasteiger partial charge on any atom is -0.464 e. The lowest BCUT2D eigenvalue weighted by molar-refractivity contribution is 0.0591. The number of nitriles is 1. The second-order valence-corrected chi connectivity index (χ2v) is 6.03. The zero-order valence-electron chi connectivity index (χ0n) is 12.9. The van der Waals surface area contributed by atoms with Crippen LogP contribution in [0.15, 0.2) is 65.3 Å². The van der Waals surface area contributed by atoms with Crippen LogP contribution in [-0.2, 0) is 4.74 Å². The lowest BCUT2D eigenvalue weighted by Gasteiger charge is -2.09. The SMILES string of the molecule is COC(=O)c1cc(-c2ccccc2)cn1-c1ccc(Br)cc1C#N. The molecule has 0 aliphatic heterocycles. The maximum Gasteiger partial charge on any atom is 0.355 e. The largest absolute Gasteiger partial charge is 0.464 e. The van der Waals surface area contributed by atoms with Crippen molar-refractivity contribution in [3.63, 3.8) is 0 Å². The third kappa shape index (κ3) is 2.97. The molecular formula is C19H13BrN2O2. The van der Waals surface area contributed by atoms with Crippen molar-refractivity contribution in [2.75, 3.05) is 7.11 Å². The molecule has 0 spiro atoms. The number of methoxy groups -OCH3 is 1. The van der Waals surface area contributed by atoms with Gasteiger partial charge in [0.2, 0.25) is 0 Å². The van der Waals surface area contributed by atoms with E-state index in [1.54, 1.807) is 22.8 Å². The number of benzene rings is 2. The van der Waals surface area contributed by atoms with Gasteiger partial charge in [-0.15, -0.1) is 0 Å². The summed E-state index contributed by atoms with van der Waals surface area (Å²) in [6.45, 7) is 0. The van der Waals surface area contributed by atoms with Gasteiger partial charge in [-0.2, -0.15) is 5.26 Å². The molecule has 3 rings (SSSR count). The van der Waals surface area contributed by atoms with E-state index < -0.39 is 5.97 Å². The van der Waals surface area contributed by atoms with Gasteiger partial charge in [-0.3, -0.25) is 0 Å². The summed E-state index contributed by atoms with van der Waals surface area (Å²) in [5.41, 5.74) is 3.32. The van der Waals surface area contributed by atoms with Crippen LogP contribution >= 0.6 is 15.9 Å². The molecule has 3 aromatic rings. The van der Waals surface area contributed by atoms with Crippen LogP contribution in [0.2, 0.25) is 0 Å². The molecule has 0 saturated heterocycles. The van der Waals surface area contributed by atoms with Crippen LogP contribution in [0.5, 0.6) is 0 Å². The van der Waals surface area contributed by atoms with Crippen LogP contribution < -0.4 is 0 Å². The van der Waals surface area contributed by atoms with Gasteiger partial charge in [0, 0.05) is 16.2 Å². The van der Waals surface area contributed by atoms with E-state index in [1.807, 2.05) is 42.6 Å². The Morgan fingerprint density at radius 1 is 1.12 bits per heavy atom. The molecule has 0 aliphatic carbocycles. The first kappa shape index (κ1) is 16.0. The maximum atomic E-state index is 12.2. The molecule has 2 aromatic carbocycles. The Bertz CT molecular complexity index is 940. The predicted molar refractivity (Wildman–Crippen MR) is 95.0 cm³/mol. The summed E-state index contributed by atoms with van der Waals surface area (Å²) in [4.78, 5) is 12.2. The lowest BCUT2D eigenvalue weighted by atomic mass is 10.1. The summed E-state index contributed by atoms with van der Waals surface area (Å²) >= 11 is 3.36. The average molecular weight is 381 g/mol. The van der Waals surface area contributed by atoms with E-state index in [4.69, 9.17) is 4.74 Å². The molecule has 0 N–H and O–H groups in total. The number of nitrogens with zero attached hydrogens (tertiary/aromatic N) is 2. The van der Waals surface area contributed by atoms with Crippen LogP contribution in [0.4, 0.5) is 0 Å². The molecule has 0 atom stereocenters. The van der Waals surface area contributed by atoms with Crippen molar-refractivity contribution in [1.82, 2.24) is 4.57 Å². The molecule has 1 heterocycles. The summed E-state index contributed by atoms with van der Waals surface area (Å²) in [5, 5.41) is 9.41. The monoisotopic (exact) mass is 380 g/mol. The van der Waals surface area contributed by atoms with E-state index in [0.717, 1.165) is 15.6 Å². The van der Waals surface area contributed by atoms with Crippen molar-refractivity contribution >= 4 is 21.9 Å². The molecule has 1 aromatic heterocycles. The molecule has 0 unspecified atom stereocenters. The van der Waals surface area contributed by atoms with Gasteiger partial charge in [0.1, 0.15) is 11.8 Å². The van der Waals surface area contributed by atoms with E-state index >= 15 is 0 Å². The summed E-state index contributed by atoms with van der Waals surface area (Å²) in [6, 6.07) is 19.0. The predicted octanol–water partition coefficient (Wildman–Crippen LogP) is 4.57. The van der Waals surface area contributed by atoms with E-state index in [0.29, 0.717) is 16.9 Å². The zero-order valence-corrected chi connectivity index (χ0v) is 14.4. The first-order valence-electron chi connectivity index (χ1n) is 7.20. The molecule has 4 nitrogen and oxygen atoms in total. The molecule has 0 fully saturated rings. The number of aromatic nitrogens is 1. The number of halogens is 1. The number of esters is 1. The Kier molecular flexibility index (Phi) is 4.50. The Balaban J connectivity index is 2.22. The van der Waals surface area contributed by atoms with Crippen molar-refractivity contribution in [3.05, 3.63) is 76.5 Å². The summed E-state index contributed by atoms with van der Waals surface area (Å²) in [7, 11) is 1.34. The van der Waals surface area contributed by atoms with Crippen LogP contribution in [0.3, 0.4) is 0 Å². The van der Waals surface area contributed by atoms with Crippen LogP contribution in [0.1, 0.15) is 16.1 Å². The highest BCUT2D eigenvalue weighted by molar-refractivity contribution is 9.10. The Labute approximate surface area is 148 Å². The van der Waals surface area contributed by atoms with Crippen molar-refractivity contribution in [1.29, 1.82) is 5.26 Å². The first-order valence-corrected chi connectivity index (χ1v) is 7.99. The fourth-order valence-corrected chi connectivity index (χ4v) is 2.88. The van der Waals surface area contributed by atoms with Gasteiger partial charge in [-0.05, 0) is 29.8 Å². The molecule has 0 amide bonds. The zero-order chi connectivity index (χ0) is 17.1. The van der Waals surface area contributed by atoms with Gasteiger partial charge in [-0.25, -0.2) is 4.79 Å². The highest BCUT2D eigenvalue weighted by Gasteiger charge is 2.18. The Hall–Kier alpha value is -2.84.